The van der Waals surface area contributed by atoms with Crippen molar-refractivity contribution in [2.24, 2.45) is 0 Å². The zero-order valence-corrected chi connectivity index (χ0v) is 15.6. The van der Waals surface area contributed by atoms with E-state index in [1.54, 1.807) is 24.3 Å². The lowest BCUT2D eigenvalue weighted by Crippen LogP contribution is -2.20. The molecule has 2 aromatic carbocycles. The molecule has 148 valence electrons. The van der Waals surface area contributed by atoms with Crippen LogP contribution in [0.5, 0.6) is 5.75 Å². The van der Waals surface area contributed by atoms with Gasteiger partial charge in [-0.25, -0.2) is 14.4 Å². The molecule has 1 aromatic heterocycles. The van der Waals surface area contributed by atoms with Crippen LogP contribution in [0.15, 0.2) is 57.7 Å². The number of hydrogen-bond acceptors (Lipinski definition) is 8. The molecule has 8 nitrogen and oxygen atoms in total. The fourth-order valence-corrected chi connectivity index (χ4v) is 2.58. The number of hydrogen-bond donors (Lipinski definition) is 0. The predicted octanol–water partition coefficient (Wildman–Crippen LogP) is 2.86. The molecule has 3 rings (SSSR count). The van der Waals surface area contributed by atoms with Crippen molar-refractivity contribution in [3.8, 4) is 5.75 Å². The first-order valence-electron chi connectivity index (χ1n) is 8.48. The van der Waals surface area contributed by atoms with Crippen LogP contribution in [0.2, 0.25) is 0 Å². The van der Waals surface area contributed by atoms with E-state index in [0.29, 0.717) is 10.9 Å². The SMILES string of the molecule is COC(=O)c1ccccc1OC(=O)c1cc2cc(COC(C)=O)ccc2oc1=O. The number of esters is 3. The molecule has 0 aliphatic carbocycles. The van der Waals surface area contributed by atoms with Crippen LogP contribution in [0, 0.1) is 0 Å². The van der Waals surface area contributed by atoms with E-state index < -0.39 is 23.5 Å². The van der Waals surface area contributed by atoms with E-state index >= 15 is 0 Å². The van der Waals surface area contributed by atoms with Crippen molar-refractivity contribution in [2.75, 3.05) is 7.11 Å². The molecule has 0 amide bonds. The van der Waals surface area contributed by atoms with Crippen LogP contribution in [-0.4, -0.2) is 25.0 Å². The quantitative estimate of drug-likeness (QED) is 0.368. The Bertz CT molecular complexity index is 1160. The van der Waals surface area contributed by atoms with E-state index in [9.17, 15) is 19.2 Å². The lowest BCUT2D eigenvalue weighted by Gasteiger charge is -2.09. The molecule has 8 heteroatoms. The van der Waals surface area contributed by atoms with Gasteiger partial charge >= 0.3 is 23.5 Å². The maximum absolute atomic E-state index is 12.5. The van der Waals surface area contributed by atoms with Gasteiger partial charge < -0.3 is 18.6 Å². The van der Waals surface area contributed by atoms with Gasteiger partial charge in [0.15, 0.2) is 0 Å². The summed E-state index contributed by atoms with van der Waals surface area (Å²) >= 11 is 0. The van der Waals surface area contributed by atoms with Gasteiger partial charge in [0.1, 0.15) is 29.1 Å². The maximum atomic E-state index is 12.5. The molecular weight excluding hydrogens is 380 g/mol. The molecule has 0 aliphatic heterocycles. The molecule has 0 spiro atoms. The van der Waals surface area contributed by atoms with Crippen molar-refractivity contribution in [1.82, 2.24) is 0 Å². The summed E-state index contributed by atoms with van der Waals surface area (Å²) in [5, 5.41) is 0.447. The maximum Gasteiger partial charge on any atom is 0.351 e. The minimum atomic E-state index is -0.984. The molecule has 1 heterocycles. The van der Waals surface area contributed by atoms with Crippen molar-refractivity contribution in [2.45, 2.75) is 13.5 Å². The molecule has 3 aromatic rings. The highest BCUT2D eigenvalue weighted by Gasteiger charge is 2.20. The van der Waals surface area contributed by atoms with Crippen LogP contribution in [0.1, 0.15) is 33.2 Å². The van der Waals surface area contributed by atoms with Crippen molar-refractivity contribution < 1.29 is 33.0 Å². The number of carbonyl (C=O) groups excluding carboxylic acids is 3. The number of fused-ring (bicyclic) bond motifs is 1. The van der Waals surface area contributed by atoms with Crippen LogP contribution in [-0.2, 0) is 20.9 Å². The summed E-state index contributed by atoms with van der Waals surface area (Å²) in [5.74, 6) is -2.15. The second-order valence-corrected chi connectivity index (χ2v) is 5.98. The molecule has 0 bridgehead atoms. The molecule has 0 N–H and O–H groups in total. The van der Waals surface area contributed by atoms with Gasteiger partial charge in [-0.3, -0.25) is 4.79 Å². The summed E-state index contributed by atoms with van der Waals surface area (Å²) in [6, 6.07) is 12.1. The van der Waals surface area contributed by atoms with Gasteiger partial charge in [-0.05, 0) is 35.9 Å². The zero-order chi connectivity index (χ0) is 21.0. The Labute approximate surface area is 164 Å². The third kappa shape index (κ3) is 4.49. The standard InChI is InChI=1S/C21H16O8/c1-12(22)27-11-13-7-8-17-14(9-13)10-16(20(24)28-17)21(25)29-18-6-4-3-5-15(18)19(23)26-2/h3-10H,11H2,1-2H3. The van der Waals surface area contributed by atoms with Crippen LogP contribution in [0.3, 0.4) is 0 Å². The smallest absolute Gasteiger partial charge is 0.351 e. The molecule has 0 radical (unpaired) electrons. The fraction of sp³-hybridized carbons (Fsp3) is 0.143. The van der Waals surface area contributed by atoms with Crippen molar-refractivity contribution in [3.05, 3.63) is 75.6 Å². The van der Waals surface area contributed by atoms with Gasteiger partial charge in [0.05, 0.1) is 7.11 Å². The van der Waals surface area contributed by atoms with E-state index in [2.05, 4.69) is 4.74 Å². The fourth-order valence-electron chi connectivity index (χ4n) is 2.58. The lowest BCUT2D eigenvalue weighted by atomic mass is 10.1. The number of ether oxygens (including phenoxy) is 3. The Morgan fingerprint density at radius 3 is 2.45 bits per heavy atom. The highest BCUT2D eigenvalue weighted by Crippen LogP contribution is 2.21. The van der Waals surface area contributed by atoms with E-state index in [1.807, 2.05) is 0 Å². The second-order valence-electron chi connectivity index (χ2n) is 5.98. The second kappa shape index (κ2) is 8.39. The molecule has 0 saturated carbocycles. The molecule has 0 aliphatic rings. The van der Waals surface area contributed by atoms with Crippen LogP contribution in [0.25, 0.3) is 11.0 Å². The molecule has 29 heavy (non-hydrogen) atoms. The number of rotatable bonds is 5. The summed E-state index contributed by atoms with van der Waals surface area (Å²) in [4.78, 5) is 47.5. The summed E-state index contributed by atoms with van der Waals surface area (Å²) in [6.45, 7) is 1.33. The van der Waals surface area contributed by atoms with Crippen molar-refractivity contribution >= 4 is 28.9 Å². The van der Waals surface area contributed by atoms with Gasteiger partial charge in [0.25, 0.3) is 0 Å². The normalized spacial score (nSPS) is 10.4. The highest BCUT2D eigenvalue weighted by atomic mass is 16.5. The van der Waals surface area contributed by atoms with Gasteiger partial charge in [-0.15, -0.1) is 0 Å². The van der Waals surface area contributed by atoms with E-state index in [0.717, 1.165) is 0 Å². The first-order valence-corrected chi connectivity index (χ1v) is 8.48. The van der Waals surface area contributed by atoms with Gasteiger partial charge in [-0.2, -0.15) is 0 Å². The molecule has 0 fully saturated rings. The average molecular weight is 396 g/mol. The van der Waals surface area contributed by atoms with Gasteiger partial charge in [-0.1, -0.05) is 18.2 Å². The summed E-state index contributed by atoms with van der Waals surface area (Å²) in [7, 11) is 1.20. The van der Waals surface area contributed by atoms with Crippen LogP contribution in [0.4, 0.5) is 0 Å². The minimum absolute atomic E-state index is 0.0384. The predicted molar refractivity (Wildman–Crippen MR) is 101 cm³/mol. The first kappa shape index (κ1) is 19.8. The highest BCUT2D eigenvalue weighted by molar-refractivity contribution is 5.97. The van der Waals surface area contributed by atoms with Crippen LogP contribution >= 0.6 is 0 Å². The molecular formula is C21H16O8. The minimum Gasteiger partial charge on any atom is -0.465 e. The molecule has 0 atom stereocenters. The number of benzene rings is 2. The molecule has 0 saturated heterocycles. The third-order valence-electron chi connectivity index (χ3n) is 3.95. The largest absolute Gasteiger partial charge is 0.465 e. The molecule has 0 unspecified atom stereocenters. The topological polar surface area (TPSA) is 109 Å². The number of methoxy groups -OCH3 is 1. The number of carbonyl (C=O) groups is 3. The average Bonchev–Trinajstić information content (AvgIpc) is 2.71. The Hall–Kier alpha value is -3.94. The Kier molecular flexibility index (Phi) is 5.73. The summed E-state index contributed by atoms with van der Waals surface area (Å²) in [5.41, 5.74) is -0.283. The summed E-state index contributed by atoms with van der Waals surface area (Å²) < 4.78 is 20.0. The van der Waals surface area contributed by atoms with Gasteiger partial charge in [0.2, 0.25) is 0 Å². The first-order chi connectivity index (χ1) is 13.9. The van der Waals surface area contributed by atoms with Crippen molar-refractivity contribution in [1.29, 1.82) is 0 Å². The third-order valence-corrected chi connectivity index (χ3v) is 3.95. The zero-order valence-electron chi connectivity index (χ0n) is 15.6. The van der Waals surface area contributed by atoms with E-state index in [-0.39, 0.29) is 29.1 Å². The van der Waals surface area contributed by atoms with Crippen LogP contribution < -0.4 is 10.4 Å². The Morgan fingerprint density at radius 2 is 1.72 bits per heavy atom. The Morgan fingerprint density at radius 1 is 0.966 bits per heavy atom. The lowest BCUT2D eigenvalue weighted by molar-refractivity contribution is -0.142. The van der Waals surface area contributed by atoms with Gasteiger partial charge in [0, 0.05) is 12.3 Å². The Balaban J connectivity index is 1.93. The summed E-state index contributed by atoms with van der Waals surface area (Å²) in [6.07, 6.45) is 0. The van der Waals surface area contributed by atoms with Crippen molar-refractivity contribution in [3.63, 3.8) is 0 Å². The monoisotopic (exact) mass is 396 g/mol. The van der Waals surface area contributed by atoms with E-state index in [1.165, 1.54) is 38.3 Å². The number of para-hydroxylation sites is 1. The van der Waals surface area contributed by atoms with E-state index in [4.69, 9.17) is 13.9 Å².